The molecule has 23 heavy (non-hydrogen) atoms. The van der Waals surface area contributed by atoms with Gasteiger partial charge in [0.2, 0.25) is 0 Å². The first-order valence-corrected chi connectivity index (χ1v) is 7.67. The van der Waals surface area contributed by atoms with Gasteiger partial charge in [0, 0.05) is 11.1 Å². The fourth-order valence-electron chi connectivity index (χ4n) is 2.11. The summed E-state index contributed by atoms with van der Waals surface area (Å²) in [7, 11) is 0. The highest BCUT2D eigenvalue weighted by molar-refractivity contribution is 7.14. The molecule has 0 saturated carbocycles. The lowest BCUT2D eigenvalue weighted by atomic mass is 10.1. The Kier molecular flexibility index (Phi) is 4.30. The number of carboxylic acid groups (broad SMARTS) is 1. The van der Waals surface area contributed by atoms with Crippen molar-refractivity contribution in [3.05, 3.63) is 75.9 Å². The van der Waals surface area contributed by atoms with Crippen LogP contribution in [0.4, 0.5) is 4.39 Å². The Morgan fingerprint density at radius 1 is 1.04 bits per heavy atom. The average molecular weight is 324 g/mol. The van der Waals surface area contributed by atoms with Gasteiger partial charge in [-0.25, -0.2) is 9.37 Å². The van der Waals surface area contributed by atoms with Crippen LogP contribution in [0.15, 0.2) is 54.6 Å². The lowest BCUT2D eigenvalue weighted by Crippen LogP contribution is -2.21. The first-order chi connectivity index (χ1) is 11.1. The van der Waals surface area contributed by atoms with E-state index in [9.17, 15) is 14.3 Å². The van der Waals surface area contributed by atoms with E-state index in [2.05, 4.69) is 4.98 Å². The van der Waals surface area contributed by atoms with Crippen LogP contribution in [0.25, 0.3) is 23.4 Å². The van der Waals surface area contributed by atoms with Crippen LogP contribution in [-0.4, -0.2) is 11.0 Å². The van der Waals surface area contributed by atoms with Crippen LogP contribution in [0.2, 0.25) is 0 Å². The van der Waals surface area contributed by atoms with Gasteiger partial charge >= 0.3 is 0 Å². The normalized spacial score (nSPS) is 11.0. The summed E-state index contributed by atoms with van der Waals surface area (Å²) in [6.45, 7) is 0. The van der Waals surface area contributed by atoms with E-state index in [4.69, 9.17) is 0 Å². The minimum atomic E-state index is -1.27. The van der Waals surface area contributed by atoms with Gasteiger partial charge in [0.25, 0.3) is 0 Å². The van der Waals surface area contributed by atoms with Crippen LogP contribution in [0, 0.1) is 5.82 Å². The standard InChI is InChI=1S/C18H12FNO2S/c19-14-9-5-4-6-12(14)10-11-15-20-16(17(23-15)18(21)22)13-7-2-1-3-8-13/h1-11H,(H,21,22)/p-1/b11-10+. The summed E-state index contributed by atoms with van der Waals surface area (Å²) < 4.78 is 13.6. The number of aromatic carboxylic acids is 1. The quantitative estimate of drug-likeness (QED) is 0.738. The molecule has 1 aromatic heterocycles. The molecule has 0 saturated heterocycles. The molecular weight excluding hydrogens is 313 g/mol. The van der Waals surface area contributed by atoms with E-state index in [1.807, 2.05) is 18.2 Å². The fraction of sp³-hybridized carbons (Fsp3) is 0. The highest BCUT2D eigenvalue weighted by Crippen LogP contribution is 2.28. The number of nitrogens with zero attached hydrogens (tertiary/aromatic N) is 1. The lowest BCUT2D eigenvalue weighted by Gasteiger charge is -2.01. The number of rotatable bonds is 4. The van der Waals surface area contributed by atoms with Crippen molar-refractivity contribution in [3.8, 4) is 11.3 Å². The molecule has 0 amide bonds. The zero-order chi connectivity index (χ0) is 16.2. The van der Waals surface area contributed by atoms with E-state index in [0.29, 0.717) is 21.8 Å². The summed E-state index contributed by atoms with van der Waals surface area (Å²) in [6, 6.07) is 15.4. The highest BCUT2D eigenvalue weighted by Gasteiger charge is 2.12. The molecule has 3 aromatic rings. The van der Waals surface area contributed by atoms with Crippen LogP contribution >= 0.6 is 11.3 Å². The van der Waals surface area contributed by atoms with Gasteiger partial charge in [-0.05, 0) is 18.2 Å². The van der Waals surface area contributed by atoms with Crippen LogP contribution in [0.5, 0.6) is 0 Å². The van der Waals surface area contributed by atoms with Crippen molar-refractivity contribution in [1.82, 2.24) is 4.98 Å². The number of benzene rings is 2. The SMILES string of the molecule is O=C([O-])c1sc(/C=C/c2ccccc2F)nc1-c1ccccc1. The number of hydrogen-bond acceptors (Lipinski definition) is 4. The van der Waals surface area contributed by atoms with Crippen molar-refractivity contribution in [1.29, 1.82) is 0 Å². The van der Waals surface area contributed by atoms with Crippen molar-refractivity contribution < 1.29 is 14.3 Å². The van der Waals surface area contributed by atoms with Gasteiger partial charge in [0.15, 0.2) is 0 Å². The van der Waals surface area contributed by atoms with Crippen molar-refractivity contribution in [2.24, 2.45) is 0 Å². The average Bonchev–Trinajstić information content (AvgIpc) is 2.99. The number of carbonyl (C=O) groups excluding carboxylic acids is 1. The zero-order valence-corrected chi connectivity index (χ0v) is 12.7. The number of hydrogen-bond donors (Lipinski definition) is 0. The van der Waals surface area contributed by atoms with Gasteiger partial charge in [-0.2, -0.15) is 0 Å². The predicted octanol–water partition coefficient (Wildman–Crippen LogP) is 3.48. The molecular formula is C18H11FNO2S-. The number of carboxylic acids is 1. The Morgan fingerprint density at radius 2 is 1.74 bits per heavy atom. The van der Waals surface area contributed by atoms with Gasteiger partial charge in [-0.3, -0.25) is 0 Å². The van der Waals surface area contributed by atoms with E-state index < -0.39 is 5.97 Å². The molecule has 1 heterocycles. The topological polar surface area (TPSA) is 53.0 Å². The Morgan fingerprint density at radius 3 is 2.43 bits per heavy atom. The maximum Gasteiger partial charge on any atom is 0.130 e. The Hall–Kier alpha value is -2.79. The highest BCUT2D eigenvalue weighted by atomic mass is 32.1. The molecule has 114 valence electrons. The maximum absolute atomic E-state index is 13.6. The molecule has 2 aromatic carbocycles. The van der Waals surface area contributed by atoms with Crippen molar-refractivity contribution in [3.63, 3.8) is 0 Å². The minimum Gasteiger partial charge on any atom is -0.544 e. The summed E-state index contributed by atoms with van der Waals surface area (Å²) in [5.41, 5.74) is 1.48. The summed E-state index contributed by atoms with van der Waals surface area (Å²) in [5.74, 6) is -1.62. The first-order valence-electron chi connectivity index (χ1n) is 6.85. The second-order valence-electron chi connectivity index (χ2n) is 4.74. The van der Waals surface area contributed by atoms with Crippen molar-refractivity contribution in [2.75, 3.05) is 0 Å². The van der Waals surface area contributed by atoms with E-state index in [1.165, 1.54) is 6.07 Å². The van der Waals surface area contributed by atoms with Crippen LogP contribution in [0.1, 0.15) is 20.2 Å². The maximum atomic E-state index is 13.6. The molecule has 0 radical (unpaired) electrons. The zero-order valence-electron chi connectivity index (χ0n) is 11.9. The lowest BCUT2D eigenvalue weighted by molar-refractivity contribution is -0.254. The van der Waals surface area contributed by atoms with Gasteiger partial charge in [0.1, 0.15) is 10.8 Å². The number of carbonyl (C=O) groups is 1. The summed E-state index contributed by atoms with van der Waals surface area (Å²) >= 11 is 1.01. The number of halogens is 1. The smallest absolute Gasteiger partial charge is 0.130 e. The fourth-order valence-corrected chi connectivity index (χ4v) is 2.93. The third-order valence-corrected chi connectivity index (χ3v) is 4.19. The molecule has 0 spiro atoms. The van der Waals surface area contributed by atoms with E-state index >= 15 is 0 Å². The Bertz CT molecular complexity index is 872. The van der Waals surface area contributed by atoms with Crippen LogP contribution in [-0.2, 0) is 0 Å². The van der Waals surface area contributed by atoms with Gasteiger partial charge in [-0.15, -0.1) is 11.3 Å². The Balaban J connectivity index is 1.99. The first kappa shape index (κ1) is 15.1. The third-order valence-electron chi connectivity index (χ3n) is 3.19. The molecule has 0 aliphatic carbocycles. The third kappa shape index (κ3) is 3.35. The van der Waals surface area contributed by atoms with Crippen molar-refractivity contribution >= 4 is 29.5 Å². The molecule has 0 N–H and O–H groups in total. The molecule has 0 atom stereocenters. The largest absolute Gasteiger partial charge is 0.544 e. The summed E-state index contributed by atoms with van der Waals surface area (Å²) in [4.78, 5) is 15.7. The summed E-state index contributed by atoms with van der Waals surface area (Å²) in [6.07, 6.45) is 3.17. The molecule has 0 aliphatic heterocycles. The van der Waals surface area contributed by atoms with Gasteiger partial charge < -0.3 is 9.90 Å². The molecule has 3 nitrogen and oxygen atoms in total. The van der Waals surface area contributed by atoms with E-state index in [1.54, 1.807) is 42.5 Å². The van der Waals surface area contributed by atoms with Gasteiger partial charge in [0.05, 0.1) is 16.5 Å². The van der Waals surface area contributed by atoms with Crippen LogP contribution < -0.4 is 5.11 Å². The molecule has 0 bridgehead atoms. The van der Waals surface area contributed by atoms with E-state index in [0.717, 1.165) is 11.3 Å². The monoisotopic (exact) mass is 324 g/mol. The molecule has 3 rings (SSSR count). The Labute approximate surface area is 136 Å². The van der Waals surface area contributed by atoms with Crippen LogP contribution in [0.3, 0.4) is 0 Å². The molecule has 0 fully saturated rings. The number of thiazole rings is 1. The second-order valence-corrected chi connectivity index (χ2v) is 5.77. The van der Waals surface area contributed by atoms with Crippen molar-refractivity contribution in [2.45, 2.75) is 0 Å². The molecule has 5 heteroatoms. The van der Waals surface area contributed by atoms with Gasteiger partial charge in [-0.1, -0.05) is 48.5 Å². The summed E-state index contributed by atoms with van der Waals surface area (Å²) in [5, 5.41) is 11.8. The molecule has 0 unspecified atom stereocenters. The minimum absolute atomic E-state index is 0.0596. The molecule has 0 aliphatic rings. The van der Waals surface area contributed by atoms with E-state index in [-0.39, 0.29) is 10.7 Å². The number of aromatic nitrogens is 1. The predicted molar refractivity (Wildman–Crippen MR) is 87.2 cm³/mol. The second kappa shape index (κ2) is 6.54.